The van der Waals surface area contributed by atoms with Gasteiger partial charge in [-0.3, -0.25) is 14.5 Å². The highest BCUT2D eigenvalue weighted by molar-refractivity contribution is 5.79. The summed E-state index contributed by atoms with van der Waals surface area (Å²) in [5.74, 6) is 0.528. The Bertz CT molecular complexity index is 597. The van der Waals surface area contributed by atoms with Gasteiger partial charge in [0.05, 0.1) is 5.92 Å². The van der Waals surface area contributed by atoms with Crippen molar-refractivity contribution in [1.82, 2.24) is 15.1 Å². The fourth-order valence-corrected chi connectivity index (χ4v) is 4.19. The maximum atomic E-state index is 12.6. The maximum absolute atomic E-state index is 12.6. The van der Waals surface area contributed by atoms with Crippen LogP contribution in [0.15, 0.2) is 30.3 Å². The zero-order valence-corrected chi connectivity index (χ0v) is 15.8. The molecule has 2 fully saturated rings. The van der Waals surface area contributed by atoms with Crippen LogP contribution < -0.4 is 5.32 Å². The number of rotatable bonds is 5. The van der Waals surface area contributed by atoms with Crippen molar-refractivity contribution in [3.05, 3.63) is 35.9 Å². The Morgan fingerprint density at radius 2 is 1.81 bits per heavy atom. The highest BCUT2D eigenvalue weighted by Gasteiger charge is 2.32. The molecule has 142 valence electrons. The van der Waals surface area contributed by atoms with E-state index in [2.05, 4.69) is 10.2 Å². The number of likely N-dealkylation sites (tertiary alicyclic amines) is 2. The summed E-state index contributed by atoms with van der Waals surface area (Å²) < 4.78 is 0. The Labute approximate surface area is 156 Å². The highest BCUT2D eigenvalue weighted by Crippen LogP contribution is 2.24. The van der Waals surface area contributed by atoms with Gasteiger partial charge in [-0.05, 0) is 37.8 Å². The number of hydrogen-bond donors (Lipinski definition) is 1. The van der Waals surface area contributed by atoms with Crippen LogP contribution in [0.1, 0.15) is 44.6 Å². The van der Waals surface area contributed by atoms with E-state index in [9.17, 15) is 9.59 Å². The molecule has 3 rings (SSSR count). The van der Waals surface area contributed by atoms with Gasteiger partial charge in [-0.2, -0.15) is 0 Å². The van der Waals surface area contributed by atoms with Crippen LogP contribution in [0.2, 0.25) is 0 Å². The molecule has 2 aliphatic rings. The standard InChI is InChI=1S/C21H31N3O2/c1-2-20(25)23-13-10-19(11-14-23)24-12-6-9-18(16-24)21(26)22-15-17-7-4-3-5-8-17/h3-5,7-8,18-19H,2,6,9-16H2,1H3,(H,22,26). The first kappa shape index (κ1) is 18.9. The fourth-order valence-electron chi connectivity index (χ4n) is 4.19. The Balaban J connectivity index is 1.46. The van der Waals surface area contributed by atoms with Gasteiger partial charge in [0.2, 0.25) is 11.8 Å². The Morgan fingerprint density at radius 3 is 2.50 bits per heavy atom. The number of piperidine rings is 2. The van der Waals surface area contributed by atoms with E-state index in [0.29, 0.717) is 19.0 Å². The Kier molecular flexibility index (Phi) is 6.67. The van der Waals surface area contributed by atoms with Crippen LogP contribution in [0.5, 0.6) is 0 Å². The molecule has 1 aromatic rings. The van der Waals surface area contributed by atoms with Crippen molar-refractivity contribution in [2.75, 3.05) is 26.2 Å². The molecule has 2 heterocycles. The Hall–Kier alpha value is -1.88. The molecule has 1 N–H and O–H groups in total. The number of carbonyl (C=O) groups excluding carboxylic acids is 2. The minimum atomic E-state index is 0.0859. The molecule has 0 spiro atoms. The van der Waals surface area contributed by atoms with Crippen LogP contribution in [-0.2, 0) is 16.1 Å². The molecule has 0 saturated carbocycles. The third-order valence-electron chi connectivity index (χ3n) is 5.77. The first-order valence-corrected chi connectivity index (χ1v) is 10.0. The minimum absolute atomic E-state index is 0.0859. The molecular formula is C21H31N3O2. The lowest BCUT2D eigenvalue weighted by Crippen LogP contribution is -2.51. The molecule has 1 unspecified atom stereocenters. The summed E-state index contributed by atoms with van der Waals surface area (Å²) in [7, 11) is 0. The van der Waals surface area contributed by atoms with E-state index in [0.717, 1.165) is 57.4 Å². The normalized spacial score (nSPS) is 22.2. The summed E-state index contributed by atoms with van der Waals surface area (Å²) in [4.78, 5) is 28.9. The quantitative estimate of drug-likeness (QED) is 0.880. The Morgan fingerprint density at radius 1 is 1.08 bits per heavy atom. The second-order valence-corrected chi connectivity index (χ2v) is 7.50. The summed E-state index contributed by atoms with van der Waals surface area (Å²) in [6, 6.07) is 10.6. The lowest BCUT2D eigenvalue weighted by atomic mass is 9.93. The van der Waals surface area contributed by atoms with Crippen molar-refractivity contribution < 1.29 is 9.59 Å². The average Bonchev–Trinajstić information content (AvgIpc) is 2.72. The predicted molar refractivity (Wildman–Crippen MR) is 102 cm³/mol. The number of nitrogens with zero attached hydrogens (tertiary/aromatic N) is 2. The van der Waals surface area contributed by atoms with Gasteiger partial charge in [0.1, 0.15) is 0 Å². The SMILES string of the molecule is CCC(=O)N1CCC(N2CCCC(C(=O)NCc3ccccc3)C2)CC1. The van der Waals surface area contributed by atoms with E-state index in [4.69, 9.17) is 0 Å². The van der Waals surface area contributed by atoms with Crippen LogP contribution in [0, 0.1) is 5.92 Å². The van der Waals surface area contributed by atoms with Gasteiger partial charge in [-0.15, -0.1) is 0 Å². The van der Waals surface area contributed by atoms with E-state index in [1.807, 2.05) is 42.2 Å². The predicted octanol–water partition coefficient (Wildman–Crippen LogP) is 2.42. The molecule has 0 bridgehead atoms. The number of carbonyl (C=O) groups is 2. The average molecular weight is 357 g/mol. The van der Waals surface area contributed by atoms with Crippen LogP contribution >= 0.6 is 0 Å². The molecule has 2 aliphatic heterocycles. The molecule has 0 aliphatic carbocycles. The number of benzene rings is 1. The second-order valence-electron chi connectivity index (χ2n) is 7.50. The number of hydrogen-bond acceptors (Lipinski definition) is 3. The third kappa shape index (κ3) is 4.85. The van der Waals surface area contributed by atoms with Gasteiger partial charge in [0.15, 0.2) is 0 Å². The van der Waals surface area contributed by atoms with Gasteiger partial charge >= 0.3 is 0 Å². The largest absolute Gasteiger partial charge is 0.352 e. The molecule has 5 heteroatoms. The van der Waals surface area contributed by atoms with Crippen molar-refractivity contribution in [3.8, 4) is 0 Å². The summed E-state index contributed by atoms with van der Waals surface area (Å²) in [5, 5.41) is 3.10. The monoisotopic (exact) mass is 357 g/mol. The topological polar surface area (TPSA) is 52.7 Å². The van der Waals surface area contributed by atoms with E-state index in [1.165, 1.54) is 0 Å². The molecule has 0 aromatic heterocycles. The molecule has 0 radical (unpaired) electrons. The van der Waals surface area contributed by atoms with Gasteiger partial charge in [-0.1, -0.05) is 37.3 Å². The molecule has 5 nitrogen and oxygen atoms in total. The highest BCUT2D eigenvalue weighted by atomic mass is 16.2. The summed E-state index contributed by atoms with van der Waals surface area (Å²) >= 11 is 0. The lowest BCUT2D eigenvalue weighted by Gasteiger charge is -2.42. The molecule has 2 amide bonds. The first-order valence-electron chi connectivity index (χ1n) is 10.0. The van der Waals surface area contributed by atoms with Crippen molar-refractivity contribution in [2.45, 2.75) is 51.6 Å². The zero-order chi connectivity index (χ0) is 18.4. The second kappa shape index (κ2) is 9.17. The van der Waals surface area contributed by atoms with E-state index >= 15 is 0 Å². The number of amides is 2. The van der Waals surface area contributed by atoms with Gasteiger partial charge in [0, 0.05) is 38.6 Å². The van der Waals surface area contributed by atoms with Gasteiger partial charge in [-0.25, -0.2) is 0 Å². The smallest absolute Gasteiger partial charge is 0.224 e. The third-order valence-corrected chi connectivity index (χ3v) is 5.77. The van der Waals surface area contributed by atoms with Crippen LogP contribution in [0.25, 0.3) is 0 Å². The molecule has 26 heavy (non-hydrogen) atoms. The van der Waals surface area contributed by atoms with Crippen LogP contribution in [-0.4, -0.2) is 53.8 Å². The maximum Gasteiger partial charge on any atom is 0.224 e. The zero-order valence-electron chi connectivity index (χ0n) is 15.8. The van der Waals surface area contributed by atoms with Crippen molar-refractivity contribution in [3.63, 3.8) is 0 Å². The minimum Gasteiger partial charge on any atom is -0.352 e. The van der Waals surface area contributed by atoms with Gasteiger partial charge in [0.25, 0.3) is 0 Å². The molecule has 1 aromatic carbocycles. The van der Waals surface area contributed by atoms with Crippen molar-refractivity contribution in [1.29, 1.82) is 0 Å². The van der Waals surface area contributed by atoms with Gasteiger partial charge < -0.3 is 10.2 Å². The fraction of sp³-hybridized carbons (Fsp3) is 0.619. The summed E-state index contributed by atoms with van der Waals surface area (Å²) in [6.45, 7) is 6.19. The summed E-state index contributed by atoms with van der Waals surface area (Å²) in [6.07, 6.45) is 4.72. The van der Waals surface area contributed by atoms with Crippen LogP contribution in [0.3, 0.4) is 0 Å². The van der Waals surface area contributed by atoms with Crippen LogP contribution in [0.4, 0.5) is 0 Å². The van der Waals surface area contributed by atoms with Crippen molar-refractivity contribution in [2.24, 2.45) is 5.92 Å². The lowest BCUT2D eigenvalue weighted by molar-refractivity contribution is -0.132. The number of nitrogens with one attached hydrogen (secondary N) is 1. The summed E-state index contributed by atoms with van der Waals surface area (Å²) in [5.41, 5.74) is 1.14. The van der Waals surface area contributed by atoms with E-state index in [1.54, 1.807) is 0 Å². The van der Waals surface area contributed by atoms with E-state index in [-0.39, 0.29) is 17.7 Å². The molecule has 1 atom stereocenters. The van der Waals surface area contributed by atoms with E-state index < -0.39 is 0 Å². The molecular weight excluding hydrogens is 326 g/mol. The molecule has 2 saturated heterocycles. The van der Waals surface area contributed by atoms with Crippen molar-refractivity contribution >= 4 is 11.8 Å². The first-order chi connectivity index (χ1) is 12.7.